The van der Waals surface area contributed by atoms with Crippen LogP contribution in [-0.2, 0) is 9.84 Å². The van der Waals surface area contributed by atoms with Crippen LogP contribution >= 0.6 is 27.7 Å². The second kappa shape index (κ2) is 6.36. The average molecular weight is 351 g/mol. The number of hydrogen-bond acceptors (Lipinski definition) is 5. The van der Waals surface area contributed by atoms with Crippen molar-refractivity contribution in [1.29, 1.82) is 0 Å². The standard InChI is InChI=1S/C11H15BrN2O2S2/c12-9-1-2-11(14-7-9)17-5-4-13-10-3-6-18(15,16)8-10/h1-2,7,10,13H,3-6,8H2. The van der Waals surface area contributed by atoms with Crippen molar-refractivity contribution < 1.29 is 8.42 Å². The molecule has 100 valence electrons. The number of hydrogen-bond donors (Lipinski definition) is 1. The molecule has 1 aliphatic heterocycles. The molecule has 18 heavy (non-hydrogen) atoms. The topological polar surface area (TPSA) is 59.1 Å². The van der Waals surface area contributed by atoms with E-state index >= 15 is 0 Å². The molecule has 2 heterocycles. The maximum atomic E-state index is 11.3. The van der Waals surface area contributed by atoms with Crippen LogP contribution in [0.15, 0.2) is 27.8 Å². The fourth-order valence-corrected chi connectivity index (χ4v) is 4.49. The van der Waals surface area contributed by atoms with Gasteiger partial charge in [0.05, 0.1) is 16.5 Å². The van der Waals surface area contributed by atoms with Gasteiger partial charge in [0.15, 0.2) is 9.84 Å². The summed E-state index contributed by atoms with van der Waals surface area (Å²) < 4.78 is 23.5. The Hall–Kier alpha value is -0.110. The number of thioether (sulfide) groups is 1. The van der Waals surface area contributed by atoms with E-state index in [1.54, 1.807) is 18.0 Å². The number of aromatic nitrogens is 1. The Morgan fingerprint density at radius 3 is 2.94 bits per heavy atom. The molecule has 4 nitrogen and oxygen atoms in total. The molecule has 1 unspecified atom stereocenters. The minimum atomic E-state index is -2.78. The molecule has 0 aromatic carbocycles. The van der Waals surface area contributed by atoms with E-state index in [2.05, 4.69) is 26.2 Å². The Labute approximate surface area is 120 Å². The summed E-state index contributed by atoms with van der Waals surface area (Å²) in [5.41, 5.74) is 0. The van der Waals surface area contributed by atoms with Crippen molar-refractivity contribution in [2.45, 2.75) is 17.5 Å². The number of rotatable bonds is 5. The summed E-state index contributed by atoms with van der Waals surface area (Å²) in [6, 6.07) is 4.06. The van der Waals surface area contributed by atoms with Gasteiger partial charge < -0.3 is 5.32 Å². The third-order valence-corrected chi connectivity index (χ3v) is 5.90. The maximum absolute atomic E-state index is 11.3. The predicted molar refractivity (Wildman–Crippen MR) is 77.7 cm³/mol. The Morgan fingerprint density at radius 2 is 2.33 bits per heavy atom. The fraction of sp³-hybridized carbons (Fsp3) is 0.545. The quantitative estimate of drug-likeness (QED) is 0.647. The lowest BCUT2D eigenvalue weighted by Crippen LogP contribution is -2.31. The molecule has 1 atom stereocenters. The van der Waals surface area contributed by atoms with Gasteiger partial charge in [0.2, 0.25) is 0 Å². The molecule has 0 amide bonds. The van der Waals surface area contributed by atoms with Crippen molar-refractivity contribution in [1.82, 2.24) is 10.3 Å². The molecular formula is C11H15BrN2O2S2. The van der Waals surface area contributed by atoms with Crippen molar-refractivity contribution in [2.75, 3.05) is 23.8 Å². The van der Waals surface area contributed by atoms with E-state index in [-0.39, 0.29) is 11.8 Å². The molecule has 1 aliphatic rings. The maximum Gasteiger partial charge on any atom is 0.151 e. The summed E-state index contributed by atoms with van der Waals surface area (Å²) in [4.78, 5) is 4.26. The van der Waals surface area contributed by atoms with E-state index in [1.165, 1.54) is 0 Å². The Balaban J connectivity index is 1.66. The van der Waals surface area contributed by atoms with Crippen molar-refractivity contribution in [3.05, 3.63) is 22.8 Å². The Morgan fingerprint density at radius 1 is 1.50 bits per heavy atom. The van der Waals surface area contributed by atoms with Crippen LogP contribution in [0.2, 0.25) is 0 Å². The molecule has 0 spiro atoms. The molecular weight excluding hydrogens is 336 g/mol. The first-order chi connectivity index (χ1) is 8.55. The van der Waals surface area contributed by atoms with Crippen molar-refractivity contribution in [3.8, 4) is 0 Å². The number of nitrogens with zero attached hydrogens (tertiary/aromatic N) is 1. The van der Waals surface area contributed by atoms with Crippen LogP contribution in [0.1, 0.15) is 6.42 Å². The first kappa shape index (κ1) is 14.3. The van der Waals surface area contributed by atoms with E-state index in [0.29, 0.717) is 5.75 Å². The van der Waals surface area contributed by atoms with E-state index in [0.717, 1.165) is 28.2 Å². The highest BCUT2D eigenvalue weighted by molar-refractivity contribution is 9.10. The average Bonchev–Trinajstić information content (AvgIpc) is 2.67. The first-order valence-electron chi connectivity index (χ1n) is 5.73. The summed E-state index contributed by atoms with van der Waals surface area (Å²) in [5.74, 6) is 1.51. The molecule has 0 radical (unpaired) electrons. The second-order valence-electron chi connectivity index (χ2n) is 4.22. The van der Waals surface area contributed by atoms with Gasteiger partial charge in [-0.3, -0.25) is 0 Å². The number of pyridine rings is 1. The van der Waals surface area contributed by atoms with Crippen molar-refractivity contribution in [2.24, 2.45) is 0 Å². The van der Waals surface area contributed by atoms with Crippen LogP contribution in [0.4, 0.5) is 0 Å². The van der Waals surface area contributed by atoms with Gasteiger partial charge in [0.25, 0.3) is 0 Å². The molecule has 1 N–H and O–H groups in total. The molecule has 1 aromatic heterocycles. The van der Waals surface area contributed by atoms with Gasteiger partial charge in [0.1, 0.15) is 0 Å². The molecule has 1 saturated heterocycles. The lowest BCUT2D eigenvalue weighted by atomic mass is 10.3. The summed E-state index contributed by atoms with van der Waals surface area (Å²) in [7, 11) is -2.78. The highest BCUT2D eigenvalue weighted by Gasteiger charge is 2.26. The Bertz CT molecular complexity index is 490. The van der Waals surface area contributed by atoms with E-state index in [9.17, 15) is 8.42 Å². The summed E-state index contributed by atoms with van der Waals surface area (Å²) >= 11 is 5.01. The monoisotopic (exact) mass is 350 g/mol. The van der Waals surface area contributed by atoms with Gasteiger partial charge in [0, 0.05) is 29.0 Å². The summed E-state index contributed by atoms with van der Waals surface area (Å²) in [6.07, 6.45) is 2.52. The van der Waals surface area contributed by atoms with Gasteiger partial charge >= 0.3 is 0 Å². The molecule has 1 aromatic rings. The van der Waals surface area contributed by atoms with Crippen LogP contribution in [0, 0.1) is 0 Å². The first-order valence-corrected chi connectivity index (χ1v) is 9.33. The van der Waals surface area contributed by atoms with Crippen LogP contribution in [-0.4, -0.2) is 43.2 Å². The third-order valence-electron chi connectivity index (χ3n) is 2.72. The van der Waals surface area contributed by atoms with E-state index < -0.39 is 9.84 Å². The van der Waals surface area contributed by atoms with Crippen molar-refractivity contribution >= 4 is 37.5 Å². The molecule has 7 heteroatoms. The smallest absolute Gasteiger partial charge is 0.151 e. The van der Waals surface area contributed by atoms with Gasteiger partial charge in [-0.1, -0.05) is 0 Å². The second-order valence-corrected chi connectivity index (χ2v) is 8.48. The molecule has 0 aliphatic carbocycles. The van der Waals surface area contributed by atoms with Crippen molar-refractivity contribution in [3.63, 3.8) is 0 Å². The van der Waals surface area contributed by atoms with Gasteiger partial charge in [-0.15, -0.1) is 11.8 Å². The minimum absolute atomic E-state index is 0.133. The van der Waals surface area contributed by atoms with E-state index in [4.69, 9.17) is 0 Å². The van der Waals surface area contributed by atoms with Crippen LogP contribution in [0.5, 0.6) is 0 Å². The SMILES string of the molecule is O=S1(=O)CCC(NCCSc2ccc(Br)cn2)C1. The van der Waals surface area contributed by atoms with Gasteiger partial charge in [-0.2, -0.15) is 0 Å². The lowest BCUT2D eigenvalue weighted by Gasteiger charge is -2.09. The van der Waals surface area contributed by atoms with E-state index in [1.807, 2.05) is 12.1 Å². The highest BCUT2D eigenvalue weighted by atomic mass is 79.9. The summed E-state index contributed by atoms with van der Waals surface area (Å²) in [5, 5.41) is 4.27. The van der Waals surface area contributed by atoms with Gasteiger partial charge in [-0.05, 0) is 34.5 Å². The normalized spacial score (nSPS) is 22.2. The van der Waals surface area contributed by atoms with Crippen LogP contribution < -0.4 is 5.32 Å². The highest BCUT2D eigenvalue weighted by Crippen LogP contribution is 2.17. The Kier molecular flexibility index (Phi) is 5.06. The largest absolute Gasteiger partial charge is 0.312 e. The number of sulfone groups is 1. The van der Waals surface area contributed by atoms with Crippen LogP contribution in [0.25, 0.3) is 0 Å². The number of halogens is 1. The zero-order chi connectivity index (χ0) is 13.0. The lowest BCUT2D eigenvalue weighted by molar-refractivity contribution is 0.574. The summed E-state index contributed by atoms with van der Waals surface area (Å²) in [6.45, 7) is 0.808. The molecule has 0 bridgehead atoms. The fourth-order valence-electron chi connectivity index (χ4n) is 1.82. The zero-order valence-corrected chi connectivity index (χ0v) is 13.0. The molecule has 0 saturated carbocycles. The molecule has 2 rings (SSSR count). The van der Waals surface area contributed by atoms with Crippen LogP contribution in [0.3, 0.4) is 0 Å². The minimum Gasteiger partial charge on any atom is -0.312 e. The number of nitrogens with one attached hydrogen (secondary N) is 1. The molecule has 1 fully saturated rings. The van der Waals surface area contributed by atoms with Gasteiger partial charge in [-0.25, -0.2) is 13.4 Å². The third kappa shape index (κ3) is 4.53. The predicted octanol–water partition coefficient (Wildman–Crippen LogP) is 1.71. The zero-order valence-electron chi connectivity index (χ0n) is 9.80.